The Morgan fingerprint density at radius 3 is 2.67 bits per heavy atom. The molecule has 0 saturated heterocycles. The predicted molar refractivity (Wildman–Crippen MR) is 95.7 cm³/mol. The zero-order valence-electron chi connectivity index (χ0n) is 14.1. The van der Waals surface area contributed by atoms with Crippen LogP contribution in [0.25, 0.3) is 0 Å². The second kappa shape index (κ2) is 7.51. The summed E-state index contributed by atoms with van der Waals surface area (Å²) in [5.74, 6) is 0.659. The van der Waals surface area contributed by atoms with E-state index in [4.69, 9.17) is 4.99 Å². The monoisotopic (exact) mass is 328 g/mol. The Morgan fingerprint density at radius 1 is 1.21 bits per heavy atom. The van der Waals surface area contributed by atoms with Gasteiger partial charge in [0.05, 0.1) is 6.54 Å². The van der Waals surface area contributed by atoms with Gasteiger partial charge < -0.3 is 15.2 Å². The minimum atomic E-state index is -0.167. The van der Waals surface area contributed by atoms with Gasteiger partial charge in [0.1, 0.15) is 5.82 Å². The highest BCUT2D eigenvalue weighted by Gasteiger charge is 2.44. The lowest BCUT2D eigenvalue weighted by Crippen LogP contribution is -2.39. The van der Waals surface area contributed by atoms with Crippen LogP contribution in [0.5, 0.6) is 0 Å². The summed E-state index contributed by atoms with van der Waals surface area (Å²) in [6.07, 6.45) is 6.25. The van der Waals surface area contributed by atoms with Gasteiger partial charge in [-0.2, -0.15) is 0 Å². The third kappa shape index (κ3) is 4.16. The minimum Gasteiger partial charge on any atom is -0.357 e. The predicted octanol–water partition coefficient (Wildman–Crippen LogP) is 2.91. The van der Waals surface area contributed by atoms with Gasteiger partial charge in [0, 0.05) is 37.4 Å². The van der Waals surface area contributed by atoms with Crippen molar-refractivity contribution in [3.05, 3.63) is 60.2 Å². The average Bonchev–Trinajstić information content (AvgIpc) is 3.20. The van der Waals surface area contributed by atoms with E-state index >= 15 is 0 Å². The number of hydrogen-bond donors (Lipinski definition) is 2. The molecule has 1 saturated carbocycles. The lowest BCUT2D eigenvalue weighted by molar-refractivity contribution is 0.615. The number of aliphatic imine (C=N–C) groups is 1. The summed E-state index contributed by atoms with van der Waals surface area (Å²) in [6, 6.07) is 11.0. The molecule has 1 aliphatic carbocycles. The molecule has 0 spiro atoms. The maximum Gasteiger partial charge on any atom is 0.191 e. The van der Waals surface area contributed by atoms with E-state index in [0.717, 1.165) is 44.0 Å². The van der Waals surface area contributed by atoms with Gasteiger partial charge in [-0.3, -0.25) is 4.99 Å². The molecule has 1 aliphatic rings. The summed E-state index contributed by atoms with van der Waals surface area (Å²) >= 11 is 0. The zero-order chi connectivity index (χ0) is 16.8. The van der Waals surface area contributed by atoms with Crippen LogP contribution in [0.4, 0.5) is 4.39 Å². The van der Waals surface area contributed by atoms with E-state index in [-0.39, 0.29) is 11.2 Å². The van der Waals surface area contributed by atoms with Gasteiger partial charge in [0.2, 0.25) is 0 Å². The van der Waals surface area contributed by atoms with E-state index in [1.807, 2.05) is 18.2 Å². The van der Waals surface area contributed by atoms with Crippen molar-refractivity contribution in [2.75, 3.05) is 19.6 Å². The van der Waals surface area contributed by atoms with Crippen LogP contribution in [-0.2, 0) is 12.0 Å². The average molecular weight is 328 g/mol. The highest BCUT2D eigenvalue weighted by Crippen LogP contribution is 2.48. The molecule has 5 heteroatoms. The molecule has 2 aromatic rings. The number of nitrogens with zero attached hydrogens (tertiary/aromatic N) is 2. The molecule has 0 bridgehead atoms. The molecule has 0 amide bonds. The topological polar surface area (TPSA) is 41.4 Å². The Labute approximate surface area is 142 Å². The number of guanidine groups is 1. The molecule has 1 aromatic heterocycles. The number of aromatic nitrogens is 1. The second-order valence-electron chi connectivity index (χ2n) is 6.33. The van der Waals surface area contributed by atoms with E-state index in [1.165, 1.54) is 6.07 Å². The first kappa shape index (κ1) is 16.6. The lowest BCUT2D eigenvalue weighted by atomic mass is 9.96. The Morgan fingerprint density at radius 2 is 2.00 bits per heavy atom. The van der Waals surface area contributed by atoms with Gasteiger partial charge in [0.25, 0.3) is 0 Å². The largest absolute Gasteiger partial charge is 0.357 e. The summed E-state index contributed by atoms with van der Waals surface area (Å²) in [5.41, 5.74) is 1.08. The molecular weight excluding hydrogens is 303 g/mol. The quantitative estimate of drug-likeness (QED) is 0.606. The molecule has 2 N–H and O–H groups in total. The Kier molecular flexibility index (Phi) is 5.18. The third-order valence-electron chi connectivity index (χ3n) is 4.50. The van der Waals surface area contributed by atoms with Crippen molar-refractivity contribution in [2.45, 2.75) is 31.7 Å². The molecule has 1 heterocycles. The molecule has 0 radical (unpaired) electrons. The van der Waals surface area contributed by atoms with Crippen molar-refractivity contribution in [3.8, 4) is 0 Å². The normalized spacial score (nSPS) is 16.0. The number of benzene rings is 1. The maximum atomic E-state index is 13.5. The van der Waals surface area contributed by atoms with Gasteiger partial charge in [0.15, 0.2) is 5.96 Å². The summed E-state index contributed by atoms with van der Waals surface area (Å²) in [7, 11) is 0. The smallest absolute Gasteiger partial charge is 0.191 e. The first-order valence-corrected chi connectivity index (χ1v) is 8.61. The van der Waals surface area contributed by atoms with Gasteiger partial charge in [-0.1, -0.05) is 12.1 Å². The first-order chi connectivity index (χ1) is 11.7. The lowest BCUT2D eigenvalue weighted by Gasteiger charge is -2.16. The molecule has 0 unspecified atom stereocenters. The molecule has 3 rings (SSSR count). The van der Waals surface area contributed by atoms with Crippen LogP contribution in [0.15, 0.2) is 53.8 Å². The fraction of sp³-hybridized carbons (Fsp3) is 0.421. The first-order valence-electron chi connectivity index (χ1n) is 8.61. The Hall–Kier alpha value is -2.30. The van der Waals surface area contributed by atoms with Crippen molar-refractivity contribution >= 4 is 5.96 Å². The van der Waals surface area contributed by atoms with Gasteiger partial charge in [-0.25, -0.2) is 4.39 Å². The molecule has 0 aliphatic heterocycles. The molecule has 0 atom stereocenters. The number of halogens is 1. The van der Waals surface area contributed by atoms with E-state index in [2.05, 4.69) is 34.5 Å². The highest BCUT2D eigenvalue weighted by atomic mass is 19.1. The number of rotatable bonds is 7. The van der Waals surface area contributed by atoms with Gasteiger partial charge in [-0.05, 0) is 49.6 Å². The van der Waals surface area contributed by atoms with Crippen LogP contribution in [0, 0.1) is 5.82 Å². The minimum absolute atomic E-state index is 0.0187. The van der Waals surface area contributed by atoms with Crippen LogP contribution in [0.1, 0.15) is 25.3 Å². The van der Waals surface area contributed by atoms with Crippen LogP contribution in [-0.4, -0.2) is 30.2 Å². The molecular formula is C19H25FN4. The molecule has 24 heavy (non-hydrogen) atoms. The van der Waals surface area contributed by atoms with Crippen molar-refractivity contribution in [3.63, 3.8) is 0 Å². The maximum absolute atomic E-state index is 13.5. The molecule has 128 valence electrons. The van der Waals surface area contributed by atoms with Gasteiger partial charge >= 0.3 is 0 Å². The zero-order valence-corrected chi connectivity index (χ0v) is 14.1. The molecule has 4 nitrogen and oxygen atoms in total. The number of hydrogen-bond acceptors (Lipinski definition) is 1. The molecule has 1 aromatic carbocycles. The van der Waals surface area contributed by atoms with E-state index in [9.17, 15) is 4.39 Å². The molecule has 1 fully saturated rings. The van der Waals surface area contributed by atoms with Crippen molar-refractivity contribution in [1.82, 2.24) is 15.2 Å². The van der Waals surface area contributed by atoms with E-state index in [0.29, 0.717) is 6.54 Å². The van der Waals surface area contributed by atoms with Gasteiger partial charge in [-0.15, -0.1) is 0 Å². The summed E-state index contributed by atoms with van der Waals surface area (Å²) in [4.78, 5) is 4.74. The third-order valence-corrected chi connectivity index (χ3v) is 4.50. The Bertz CT molecular complexity index is 674. The van der Waals surface area contributed by atoms with Crippen LogP contribution < -0.4 is 10.6 Å². The van der Waals surface area contributed by atoms with Crippen molar-refractivity contribution in [1.29, 1.82) is 0 Å². The highest BCUT2D eigenvalue weighted by molar-refractivity contribution is 5.79. The summed E-state index contributed by atoms with van der Waals surface area (Å²) < 4.78 is 15.6. The van der Waals surface area contributed by atoms with Crippen LogP contribution in [0.3, 0.4) is 0 Å². The van der Waals surface area contributed by atoms with E-state index in [1.54, 1.807) is 12.1 Å². The summed E-state index contributed by atoms with van der Waals surface area (Å²) in [6.45, 7) is 5.28. The standard InChI is InChI=1S/C19H25FN4/c1-2-21-18(22-10-13-24-11-3-4-12-24)23-15-19(8-9-19)16-6-5-7-17(20)14-16/h3-7,11-12,14H,2,8-10,13,15H2,1H3,(H2,21,22,23). The summed E-state index contributed by atoms with van der Waals surface area (Å²) in [5, 5.41) is 6.65. The Balaban J connectivity index is 1.59. The fourth-order valence-electron chi connectivity index (χ4n) is 2.90. The number of nitrogens with one attached hydrogen (secondary N) is 2. The van der Waals surface area contributed by atoms with Crippen molar-refractivity contribution in [2.24, 2.45) is 4.99 Å². The van der Waals surface area contributed by atoms with Crippen molar-refractivity contribution < 1.29 is 4.39 Å². The fourth-order valence-corrected chi connectivity index (χ4v) is 2.90. The van der Waals surface area contributed by atoms with Crippen LogP contribution >= 0.6 is 0 Å². The SMILES string of the molecule is CCNC(=NCC1(c2cccc(F)c2)CC1)NCCn1cccc1. The van der Waals surface area contributed by atoms with E-state index < -0.39 is 0 Å². The van der Waals surface area contributed by atoms with Crippen LogP contribution in [0.2, 0.25) is 0 Å². The second-order valence-corrected chi connectivity index (χ2v) is 6.33.